The Kier molecular flexibility index (Phi) is 7.38. The first-order valence-corrected chi connectivity index (χ1v) is 10.9. The highest BCUT2D eigenvalue weighted by atomic mass is 32.2. The summed E-state index contributed by atoms with van der Waals surface area (Å²) in [5.74, 6) is 0.751. The number of carbonyl (C=O) groups is 1. The summed E-state index contributed by atoms with van der Waals surface area (Å²) in [5, 5.41) is 5.78. The number of nitrogens with one attached hydrogen (secondary N) is 1. The number of carbonyl (C=O) groups excluding carboxylic acids is 1. The Morgan fingerprint density at radius 1 is 1.17 bits per heavy atom. The number of aryl methyl sites for hydroxylation is 1. The van der Waals surface area contributed by atoms with E-state index in [1.807, 2.05) is 24.4 Å². The molecule has 0 fully saturated rings. The maximum Gasteiger partial charge on any atom is 0.416 e. The second-order valence-corrected chi connectivity index (χ2v) is 8.35. The smallest absolute Gasteiger partial charge is 0.416 e. The number of nitrogens with zero attached hydrogens (tertiary/aromatic N) is 1. The average Bonchev–Trinajstić information content (AvgIpc) is 3.14. The summed E-state index contributed by atoms with van der Waals surface area (Å²) in [6, 6.07) is 11.8. The number of alkyl halides is 3. The molecule has 0 bridgehead atoms. The fraction of sp³-hybridized carbons (Fsp3) is 0.238. The van der Waals surface area contributed by atoms with Gasteiger partial charge < -0.3 is 10.1 Å². The van der Waals surface area contributed by atoms with Crippen LogP contribution in [0.2, 0.25) is 0 Å². The van der Waals surface area contributed by atoms with E-state index >= 15 is 0 Å². The van der Waals surface area contributed by atoms with Crippen LogP contribution < -0.4 is 10.1 Å². The Morgan fingerprint density at radius 2 is 1.90 bits per heavy atom. The Hall–Kier alpha value is -2.52. The summed E-state index contributed by atoms with van der Waals surface area (Å²) >= 11 is 3.13. The van der Waals surface area contributed by atoms with E-state index in [-0.39, 0.29) is 19.1 Å². The zero-order chi connectivity index (χ0) is 21.6. The lowest BCUT2D eigenvalue weighted by Crippen LogP contribution is -2.28. The lowest BCUT2D eigenvalue weighted by Gasteiger charge is -2.11. The molecule has 2 aromatic carbocycles. The summed E-state index contributed by atoms with van der Waals surface area (Å²) < 4.78 is 43.1. The van der Waals surface area contributed by atoms with E-state index in [1.54, 1.807) is 35.2 Å². The molecule has 30 heavy (non-hydrogen) atoms. The molecule has 158 valence electrons. The van der Waals surface area contributed by atoms with Crippen LogP contribution in [0.4, 0.5) is 13.2 Å². The summed E-state index contributed by atoms with van der Waals surface area (Å²) in [6.07, 6.45) is -4.38. The third-order valence-corrected chi connectivity index (χ3v) is 5.94. The van der Waals surface area contributed by atoms with Gasteiger partial charge in [-0.2, -0.15) is 13.2 Å². The van der Waals surface area contributed by atoms with Crippen molar-refractivity contribution in [3.63, 3.8) is 0 Å². The number of thioether (sulfide) groups is 1. The van der Waals surface area contributed by atoms with Crippen molar-refractivity contribution in [2.45, 2.75) is 23.7 Å². The number of halogens is 3. The van der Waals surface area contributed by atoms with Crippen molar-refractivity contribution in [2.24, 2.45) is 0 Å². The quantitative estimate of drug-likeness (QED) is 0.359. The molecule has 0 radical (unpaired) electrons. The van der Waals surface area contributed by atoms with Gasteiger partial charge in [0, 0.05) is 16.0 Å². The third kappa shape index (κ3) is 6.24. The van der Waals surface area contributed by atoms with Crippen molar-refractivity contribution >= 4 is 29.0 Å². The first kappa shape index (κ1) is 22.2. The van der Waals surface area contributed by atoms with Gasteiger partial charge in [0.1, 0.15) is 12.4 Å². The lowest BCUT2D eigenvalue weighted by atomic mass is 10.2. The van der Waals surface area contributed by atoms with E-state index in [1.165, 1.54) is 12.1 Å². The van der Waals surface area contributed by atoms with E-state index in [2.05, 4.69) is 10.3 Å². The number of benzene rings is 2. The highest BCUT2D eigenvalue weighted by Gasteiger charge is 2.30. The standard InChI is InChI=1S/C21H19F3N2O2S2/c1-14-26-16(12-29-14)13-30-19-5-3-2-4-18(19)20(27)25-10-11-28-17-8-6-15(7-9-17)21(22,23)24/h2-9,12H,10-11,13H2,1H3,(H,25,27). The van der Waals surface area contributed by atoms with Gasteiger partial charge in [-0.1, -0.05) is 12.1 Å². The molecule has 3 aromatic rings. The number of rotatable bonds is 8. The molecule has 1 heterocycles. The zero-order valence-electron chi connectivity index (χ0n) is 16.0. The fourth-order valence-corrected chi connectivity index (χ4v) is 4.24. The average molecular weight is 453 g/mol. The minimum Gasteiger partial charge on any atom is -0.492 e. The van der Waals surface area contributed by atoms with Crippen LogP contribution in [-0.2, 0) is 11.9 Å². The second kappa shape index (κ2) is 9.99. The van der Waals surface area contributed by atoms with Crippen molar-refractivity contribution in [2.75, 3.05) is 13.2 Å². The van der Waals surface area contributed by atoms with Gasteiger partial charge in [-0.15, -0.1) is 23.1 Å². The van der Waals surface area contributed by atoms with Crippen LogP contribution in [0, 0.1) is 6.92 Å². The largest absolute Gasteiger partial charge is 0.492 e. The number of amides is 1. The molecule has 0 unspecified atom stereocenters. The predicted octanol–water partition coefficient (Wildman–Crippen LogP) is 5.57. The monoisotopic (exact) mass is 452 g/mol. The van der Waals surface area contributed by atoms with Crippen molar-refractivity contribution in [1.82, 2.24) is 10.3 Å². The SMILES string of the molecule is Cc1nc(CSc2ccccc2C(=O)NCCOc2ccc(C(F)(F)F)cc2)cs1. The van der Waals surface area contributed by atoms with E-state index in [9.17, 15) is 18.0 Å². The lowest BCUT2D eigenvalue weighted by molar-refractivity contribution is -0.137. The first-order chi connectivity index (χ1) is 14.3. The molecule has 0 saturated heterocycles. The van der Waals surface area contributed by atoms with Gasteiger partial charge >= 0.3 is 6.18 Å². The van der Waals surface area contributed by atoms with Gasteiger partial charge in [0.25, 0.3) is 5.91 Å². The van der Waals surface area contributed by atoms with Gasteiger partial charge in [-0.25, -0.2) is 4.98 Å². The van der Waals surface area contributed by atoms with E-state index in [0.717, 1.165) is 27.7 Å². The van der Waals surface area contributed by atoms with Crippen LogP contribution in [0.5, 0.6) is 5.75 Å². The highest BCUT2D eigenvalue weighted by Crippen LogP contribution is 2.30. The Labute approximate surface area is 180 Å². The summed E-state index contributed by atoms with van der Waals surface area (Å²) in [5.41, 5.74) is 0.803. The third-order valence-electron chi connectivity index (χ3n) is 4.01. The maximum atomic E-state index is 12.6. The zero-order valence-corrected chi connectivity index (χ0v) is 17.7. The second-order valence-electron chi connectivity index (χ2n) is 6.27. The number of ether oxygens (including phenoxy) is 1. The molecule has 0 atom stereocenters. The van der Waals surface area contributed by atoms with Crippen molar-refractivity contribution < 1.29 is 22.7 Å². The van der Waals surface area contributed by atoms with Crippen molar-refractivity contribution in [1.29, 1.82) is 0 Å². The van der Waals surface area contributed by atoms with Crippen molar-refractivity contribution in [3.05, 3.63) is 75.7 Å². The molecule has 0 saturated carbocycles. The molecular weight excluding hydrogens is 433 g/mol. The predicted molar refractivity (Wildman–Crippen MR) is 112 cm³/mol. The number of hydrogen-bond donors (Lipinski definition) is 1. The normalized spacial score (nSPS) is 11.3. The van der Waals surface area contributed by atoms with E-state index in [4.69, 9.17) is 4.74 Å². The minimum atomic E-state index is -4.38. The van der Waals surface area contributed by atoms with Crippen LogP contribution >= 0.6 is 23.1 Å². The van der Waals surface area contributed by atoms with E-state index in [0.29, 0.717) is 17.1 Å². The van der Waals surface area contributed by atoms with Crippen LogP contribution in [0.25, 0.3) is 0 Å². The fourth-order valence-electron chi connectivity index (χ4n) is 2.58. The molecule has 4 nitrogen and oxygen atoms in total. The van der Waals surface area contributed by atoms with Gasteiger partial charge in [-0.3, -0.25) is 4.79 Å². The topological polar surface area (TPSA) is 51.2 Å². The molecule has 0 aliphatic carbocycles. The molecule has 0 spiro atoms. The summed E-state index contributed by atoms with van der Waals surface area (Å²) in [4.78, 5) is 17.8. The molecule has 0 aliphatic heterocycles. The molecule has 1 N–H and O–H groups in total. The van der Waals surface area contributed by atoms with Gasteiger partial charge in [0.05, 0.1) is 28.4 Å². The number of aromatic nitrogens is 1. The highest BCUT2D eigenvalue weighted by molar-refractivity contribution is 7.98. The molecule has 1 amide bonds. The van der Waals surface area contributed by atoms with Gasteiger partial charge in [-0.05, 0) is 43.3 Å². The molecule has 0 aliphatic rings. The molecule has 3 rings (SSSR count). The molecular formula is C21H19F3N2O2S2. The van der Waals surface area contributed by atoms with Crippen LogP contribution in [0.3, 0.4) is 0 Å². The minimum absolute atomic E-state index is 0.143. The summed E-state index contributed by atoms with van der Waals surface area (Å²) in [7, 11) is 0. The Morgan fingerprint density at radius 3 is 2.57 bits per heavy atom. The first-order valence-electron chi connectivity index (χ1n) is 9.04. The van der Waals surface area contributed by atoms with Gasteiger partial charge in [0.2, 0.25) is 0 Å². The molecule has 9 heteroatoms. The van der Waals surface area contributed by atoms with Gasteiger partial charge in [0.15, 0.2) is 0 Å². The Balaban J connectivity index is 1.49. The van der Waals surface area contributed by atoms with Crippen LogP contribution in [-0.4, -0.2) is 24.0 Å². The Bertz CT molecular complexity index is 988. The number of hydrogen-bond acceptors (Lipinski definition) is 5. The maximum absolute atomic E-state index is 12.6. The summed E-state index contributed by atoms with van der Waals surface area (Å²) in [6.45, 7) is 2.32. The molecule has 1 aromatic heterocycles. The van der Waals surface area contributed by atoms with Crippen LogP contribution in [0.1, 0.15) is 26.6 Å². The van der Waals surface area contributed by atoms with Crippen molar-refractivity contribution in [3.8, 4) is 5.75 Å². The van der Waals surface area contributed by atoms with Crippen LogP contribution in [0.15, 0.2) is 58.8 Å². The number of thiazole rings is 1. The van der Waals surface area contributed by atoms with E-state index < -0.39 is 11.7 Å².